The zero-order valence-electron chi connectivity index (χ0n) is 7.19. The van der Waals surface area contributed by atoms with Gasteiger partial charge in [-0.2, -0.15) is 0 Å². The molecule has 78 valence electrons. The van der Waals surface area contributed by atoms with Gasteiger partial charge >= 0.3 is 12.3 Å². The second-order valence-corrected chi connectivity index (χ2v) is 1.10. The van der Waals surface area contributed by atoms with Gasteiger partial charge < -0.3 is 19.7 Å². The van der Waals surface area contributed by atoms with Crippen LogP contribution < -0.4 is 0 Å². The summed E-state index contributed by atoms with van der Waals surface area (Å²) in [4.78, 5) is 18.3. The fraction of sp³-hybridized carbons (Fsp3) is 0.333. The van der Waals surface area contributed by atoms with E-state index in [9.17, 15) is 9.18 Å². The van der Waals surface area contributed by atoms with Crippen molar-refractivity contribution in [3.8, 4) is 0 Å². The number of hydrogen-bond acceptors (Lipinski definition) is 4. The minimum absolute atomic E-state index is 0.250. The number of carboxylic acid groups (broad SMARTS) is 2. The van der Waals surface area contributed by atoms with Crippen LogP contribution in [0.5, 0.6) is 0 Å². The van der Waals surface area contributed by atoms with Crippen LogP contribution in [0, 0.1) is 0 Å². The molecular formula is C6H11FO6. The van der Waals surface area contributed by atoms with Gasteiger partial charge in [0.15, 0.2) is 0 Å². The van der Waals surface area contributed by atoms with Crippen LogP contribution in [0.3, 0.4) is 0 Å². The SMILES string of the molecule is C=CF.COC(=O)OC.O=C(O)O. The molecule has 0 heterocycles. The molecule has 0 bridgehead atoms. The monoisotopic (exact) mass is 198 g/mol. The summed E-state index contributed by atoms with van der Waals surface area (Å²) < 4.78 is 18.1. The van der Waals surface area contributed by atoms with Crippen molar-refractivity contribution in [1.29, 1.82) is 0 Å². The summed E-state index contributed by atoms with van der Waals surface area (Å²) in [5.41, 5.74) is 0. The minimum atomic E-state index is -1.83. The molecule has 0 unspecified atom stereocenters. The van der Waals surface area contributed by atoms with E-state index in [1.165, 1.54) is 14.2 Å². The predicted molar refractivity (Wildman–Crippen MR) is 41.4 cm³/mol. The van der Waals surface area contributed by atoms with E-state index in [1.807, 2.05) is 0 Å². The van der Waals surface area contributed by atoms with Crippen molar-refractivity contribution in [2.45, 2.75) is 0 Å². The lowest BCUT2D eigenvalue weighted by molar-refractivity contribution is 0.0924. The molecule has 0 aromatic rings. The molecule has 0 radical (unpaired) electrons. The smallest absolute Gasteiger partial charge is 0.450 e. The van der Waals surface area contributed by atoms with E-state index in [-0.39, 0.29) is 6.33 Å². The molecule has 0 aliphatic heterocycles. The van der Waals surface area contributed by atoms with Crippen molar-refractivity contribution < 1.29 is 33.7 Å². The van der Waals surface area contributed by atoms with E-state index in [2.05, 4.69) is 16.1 Å². The molecule has 0 fully saturated rings. The van der Waals surface area contributed by atoms with Gasteiger partial charge in [-0.05, 0) is 0 Å². The summed E-state index contributed by atoms with van der Waals surface area (Å²) in [6.07, 6.45) is -2.24. The Labute approximate surface area is 74.2 Å². The number of ether oxygens (including phenoxy) is 2. The maximum absolute atomic E-state index is 10.1. The molecule has 0 aromatic heterocycles. The third-order valence-electron chi connectivity index (χ3n) is 0.333. The van der Waals surface area contributed by atoms with Gasteiger partial charge in [0.1, 0.15) is 0 Å². The number of halogens is 1. The van der Waals surface area contributed by atoms with Crippen LogP contribution in [0.4, 0.5) is 14.0 Å². The van der Waals surface area contributed by atoms with Crippen molar-refractivity contribution in [2.75, 3.05) is 14.2 Å². The molecule has 0 aliphatic carbocycles. The van der Waals surface area contributed by atoms with Gasteiger partial charge in [-0.15, -0.1) is 0 Å². The molecular weight excluding hydrogens is 187 g/mol. The van der Waals surface area contributed by atoms with E-state index >= 15 is 0 Å². The Hall–Kier alpha value is -1.79. The Morgan fingerprint density at radius 2 is 1.46 bits per heavy atom. The molecule has 7 heteroatoms. The van der Waals surface area contributed by atoms with Crippen molar-refractivity contribution in [1.82, 2.24) is 0 Å². The maximum atomic E-state index is 10.1. The van der Waals surface area contributed by atoms with Gasteiger partial charge in [-0.25, -0.2) is 14.0 Å². The summed E-state index contributed by atoms with van der Waals surface area (Å²) in [5, 5.41) is 13.9. The van der Waals surface area contributed by atoms with Crippen molar-refractivity contribution in [3.05, 3.63) is 12.9 Å². The Kier molecular flexibility index (Phi) is 22.2. The van der Waals surface area contributed by atoms with E-state index in [4.69, 9.17) is 15.0 Å². The normalized spacial score (nSPS) is 6.08. The van der Waals surface area contributed by atoms with Crippen molar-refractivity contribution in [3.63, 3.8) is 0 Å². The molecule has 2 N–H and O–H groups in total. The van der Waals surface area contributed by atoms with Gasteiger partial charge in [-0.3, -0.25) is 0 Å². The van der Waals surface area contributed by atoms with Crippen LogP contribution in [0.25, 0.3) is 0 Å². The number of carbonyl (C=O) groups excluding carboxylic acids is 1. The minimum Gasteiger partial charge on any atom is -0.450 e. The van der Waals surface area contributed by atoms with E-state index < -0.39 is 12.3 Å². The molecule has 6 nitrogen and oxygen atoms in total. The van der Waals surface area contributed by atoms with Gasteiger partial charge in [0.25, 0.3) is 0 Å². The largest absolute Gasteiger partial charge is 0.507 e. The van der Waals surface area contributed by atoms with Gasteiger partial charge in [0.2, 0.25) is 0 Å². The average molecular weight is 198 g/mol. The highest BCUT2D eigenvalue weighted by Crippen LogP contribution is 1.72. The summed E-state index contributed by atoms with van der Waals surface area (Å²) in [6, 6.07) is 0. The zero-order valence-corrected chi connectivity index (χ0v) is 7.19. The molecule has 0 rings (SSSR count). The molecule has 0 amide bonds. The summed E-state index contributed by atoms with van der Waals surface area (Å²) in [5.74, 6) is 0. The van der Waals surface area contributed by atoms with Gasteiger partial charge in [0.05, 0.1) is 20.5 Å². The lowest BCUT2D eigenvalue weighted by Crippen LogP contribution is -1.97. The third kappa shape index (κ3) is 141. The highest BCUT2D eigenvalue weighted by atomic mass is 19.1. The van der Waals surface area contributed by atoms with E-state index in [0.29, 0.717) is 0 Å². The Balaban J connectivity index is -0.000000125. The van der Waals surface area contributed by atoms with Gasteiger partial charge in [-0.1, -0.05) is 6.58 Å². The average Bonchev–Trinajstić information content (AvgIpc) is 2.03. The van der Waals surface area contributed by atoms with Crippen LogP contribution >= 0.6 is 0 Å². The Bertz CT molecular complexity index is 136. The quantitative estimate of drug-likeness (QED) is 0.575. The predicted octanol–water partition coefficient (Wildman–Crippen LogP) is 1.72. The van der Waals surface area contributed by atoms with Gasteiger partial charge in [0, 0.05) is 0 Å². The highest BCUT2D eigenvalue weighted by molar-refractivity contribution is 5.59. The molecule has 0 spiro atoms. The number of carbonyl (C=O) groups is 2. The first-order valence-electron chi connectivity index (χ1n) is 2.71. The standard InChI is InChI=1S/C3H6O3.C2H3F.CH2O3/c1-5-3(4)6-2;1-2-3;2-1(3)4/h1-2H3;2H,1H2;(H2,2,3,4). The van der Waals surface area contributed by atoms with Crippen LogP contribution in [0.2, 0.25) is 0 Å². The molecule has 0 aliphatic rings. The second kappa shape index (κ2) is 16.7. The number of hydrogen-bond donors (Lipinski definition) is 2. The molecule has 0 atom stereocenters. The molecule has 0 saturated carbocycles. The van der Waals surface area contributed by atoms with E-state index in [1.54, 1.807) is 0 Å². The lowest BCUT2D eigenvalue weighted by atomic mass is 11.2. The Morgan fingerprint density at radius 3 is 1.46 bits per heavy atom. The Morgan fingerprint density at radius 1 is 1.31 bits per heavy atom. The molecule has 13 heavy (non-hydrogen) atoms. The lowest BCUT2D eigenvalue weighted by Gasteiger charge is -1.89. The van der Waals surface area contributed by atoms with Crippen molar-refractivity contribution >= 4 is 12.3 Å². The first-order chi connectivity index (χ1) is 5.95. The molecule has 0 aromatic carbocycles. The number of methoxy groups -OCH3 is 2. The first-order valence-corrected chi connectivity index (χ1v) is 2.71. The fourth-order valence-corrected chi connectivity index (χ4v) is 0.0833. The van der Waals surface area contributed by atoms with Crippen LogP contribution in [0.15, 0.2) is 12.9 Å². The first kappa shape index (κ1) is 17.3. The summed E-state index contributed by atoms with van der Waals surface area (Å²) in [6.45, 7) is 2.69. The second-order valence-electron chi connectivity index (χ2n) is 1.10. The maximum Gasteiger partial charge on any atom is 0.507 e. The topological polar surface area (TPSA) is 93.1 Å². The van der Waals surface area contributed by atoms with Crippen molar-refractivity contribution in [2.24, 2.45) is 0 Å². The number of rotatable bonds is 0. The van der Waals surface area contributed by atoms with Crippen LogP contribution in [-0.4, -0.2) is 36.7 Å². The van der Waals surface area contributed by atoms with Crippen LogP contribution in [0.1, 0.15) is 0 Å². The van der Waals surface area contributed by atoms with Crippen LogP contribution in [-0.2, 0) is 9.47 Å². The molecule has 0 saturated heterocycles. The van der Waals surface area contributed by atoms with E-state index in [0.717, 1.165) is 0 Å². The summed E-state index contributed by atoms with van der Waals surface area (Å²) in [7, 11) is 2.51. The fourth-order valence-electron chi connectivity index (χ4n) is 0.0833. The zero-order chi connectivity index (χ0) is 11.3. The highest BCUT2D eigenvalue weighted by Gasteiger charge is 1.88. The summed E-state index contributed by atoms with van der Waals surface area (Å²) >= 11 is 0. The third-order valence-corrected chi connectivity index (χ3v) is 0.333.